The minimum Gasteiger partial charge on any atom is -0.398 e. The van der Waals surface area contributed by atoms with Crippen LogP contribution in [0, 0.1) is 5.92 Å². The number of anilines is 1. The van der Waals surface area contributed by atoms with Crippen LogP contribution in [-0.2, 0) is 4.79 Å². The zero-order chi connectivity index (χ0) is 13.8. The van der Waals surface area contributed by atoms with Crippen molar-refractivity contribution >= 4 is 17.7 Å². The fourth-order valence-electron chi connectivity index (χ4n) is 2.94. The smallest absolute Gasteiger partial charge is 0.132 e. The number of aliphatic imine (C=N–C) groups is 1. The molecule has 0 saturated heterocycles. The van der Waals surface area contributed by atoms with E-state index in [9.17, 15) is 4.79 Å². The average Bonchev–Trinajstić information content (AvgIpc) is 2.41. The molecular formula is C16H22N2O. The summed E-state index contributed by atoms with van der Waals surface area (Å²) < 4.78 is 0. The number of Topliss-reactive ketones (excluding diaryl/α,β-unsaturated/α-hetero) is 1. The maximum absolute atomic E-state index is 11.4. The first-order valence-electron chi connectivity index (χ1n) is 6.94. The van der Waals surface area contributed by atoms with Gasteiger partial charge in [-0.2, -0.15) is 0 Å². The van der Waals surface area contributed by atoms with Crippen molar-refractivity contribution in [1.29, 1.82) is 0 Å². The zero-order valence-corrected chi connectivity index (χ0v) is 11.7. The Morgan fingerprint density at radius 3 is 2.53 bits per heavy atom. The van der Waals surface area contributed by atoms with Gasteiger partial charge in [0.2, 0.25) is 0 Å². The van der Waals surface area contributed by atoms with Crippen LogP contribution in [0.4, 0.5) is 5.69 Å². The molecule has 0 unspecified atom stereocenters. The predicted molar refractivity (Wildman–Crippen MR) is 79.8 cm³/mol. The maximum Gasteiger partial charge on any atom is 0.132 e. The second-order valence-corrected chi connectivity index (χ2v) is 5.43. The molecule has 0 aliphatic heterocycles. The first kappa shape index (κ1) is 13.8. The van der Waals surface area contributed by atoms with E-state index in [1.54, 1.807) is 20.2 Å². The van der Waals surface area contributed by atoms with Crippen LogP contribution >= 0.6 is 0 Å². The molecule has 1 saturated carbocycles. The van der Waals surface area contributed by atoms with Crippen LogP contribution in [0.1, 0.15) is 49.7 Å². The second-order valence-electron chi connectivity index (χ2n) is 5.43. The fourth-order valence-corrected chi connectivity index (χ4v) is 2.94. The monoisotopic (exact) mass is 258 g/mol. The Morgan fingerprint density at radius 2 is 2.00 bits per heavy atom. The van der Waals surface area contributed by atoms with Crippen molar-refractivity contribution in [2.45, 2.75) is 38.5 Å². The number of nitrogens with two attached hydrogens (primary N) is 1. The van der Waals surface area contributed by atoms with Gasteiger partial charge in [0.1, 0.15) is 5.78 Å². The highest BCUT2D eigenvalue weighted by atomic mass is 16.1. The summed E-state index contributed by atoms with van der Waals surface area (Å²) in [5.74, 6) is 1.16. The van der Waals surface area contributed by atoms with Gasteiger partial charge < -0.3 is 5.73 Å². The summed E-state index contributed by atoms with van der Waals surface area (Å²) in [5.41, 5.74) is 9.11. The standard InChI is InChI=1S/C16H22N2O/c1-11(19)12-3-5-13(6-4-12)14-7-8-15(10-18-2)16(17)9-14/h7-10,12-13H,3-6,17H2,1-2H3. The molecule has 1 aromatic carbocycles. The molecule has 0 aromatic heterocycles. The van der Waals surface area contributed by atoms with Gasteiger partial charge in [-0.05, 0) is 50.2 Å². The Kier molecular flexibility index (Phi) is 4.35. The summed E-state index contributed by atoms with van der Waals surface area (Å²) in [5, 5.41) is 0. The molecule has 1 aliphatic carbocycles. The van der Waals surface area contributed by atoms with E-state index in [2.05, 4.69) is 17.1 Å². The van der Waals surface area contributed by atoms with Crippen molar-refractivity contribution in [1.82, 2.24) is 0 Å². The lowest BCUT2D eigenvalue weighted by molar-refractivity contribution is -0.121. The van der Waals surface area contributed by atoms with Crippen LogP contribution < -0.4 is 5.73 Å². The number of hydrogen-bond acceptors (Lipinski definition) is 3. The minimum absolute atomic E-state index is 0.278. The molecule has 1 fully saturated rings. The van der Waals surface area contributed by atoms with Crippen molar-refractivity contribution < 1.29 is 4.79 Å². The number of ketones is 1. The summed E-state index contributed by atoms with van der Waals surface area (Å²) in [6.07, 6.45) is 5.98. The van der Waals surface area contributed by atoms with Crippen molar-refractivity contribution in [3.05, 3.63) is 29.3 Å². The van der Waals surface area contributed by atoms with Crippen LogP contribution in [-0.4, -0.2) is 19.0 Å². The van der Waals surface area contributed by atoms with Gasteiger partial charge in [0.15, 0.2) is 0 Å². The summed E-state index contributed by atoms with van der Waals surface area (Å²) in [6.45, 7) is 1.71. The Bertz CT molecular complexity index is 486. The number of rotatable bonds is 3. The van der Waals surface area contributed by atoms with Crippen molar-refractivity contribution in [3.8, 4) is 0 Å². The van der Waals surface area contributed by atoms with Crippen LogP contribution in [0.2, 0.25) is 0 Å². The molecule has 2 rings (SSSR count). The number of nitrogens with zero attached hydrogens (tertiary/aromatic N) is 1. The molecule has 3 nitrogen and oxygen atoms in total. The fraction of sp³-hybridized carbons (Fsp3) is 0.500. The third-order valence-electron chi connectivity index (χ3n) is 4.15. The van der Waals surface area contributed by atoms with Gasteiger partial charge in [0.25, 0.3) is 0 Å². The lowest BCUT2D eigenvalue weighted by Gasteiger charge is -2.27. The van der Waals surface area contributed by atoms with Gasteiger partial charge in [-0.25, -0.2) is 0 Å². The molecule has 102 valence electrons. The Balaban J connectivity index is 2.08. The molecule has 3 heteroatoms. The topological polar surface area (TPSA) is 55.5 Å². The quantitative estimate of drug-likeness (QED) is 0.668. The number of hydrogen-bond donors (Lipinski definition) is 1. The molecule has 0 radical (unpaired) electrons. The average molecular weight is 258 g/mol. The number of carbonyl (C=O) groups excluding carboxylic acids is 1. The first-order chi connectivity index (χ1) is 9.11. The third kappa shape index (κ3) is 3.22. The molecule has 2 N–H and O–H groups in total. The highest BCUT2D eigenvalue weighted by Gasteiger charge is 2.25. The van der Waals surface area contributed by atoms with Gasteiger partial charge in [-0.3, -0.25) is 9.79 Å². The molecule has 0 spiro atoms. The van der Waals surface area contributed by atoms with E-state index in [0.717, 1.165) is 36.9 Å². The summed E-state index contributed by atoms with van der Waals surface area (Å²) in [7, 11) is 1.75. The maximum atomic E-state index is 11.4. The summed E-state index contributed by atoms with van der Waals surface area (Å²) >= 11 is 0. The van der Waals surface area contributed by atoms with Gasteiger partial charge >= 0.3 is 0 Å². The SMILES string of the molecule is CN=Cc1ccc(C2CCC(C(C)=O)CC2)cc1N. The van der Waals surface area contributed by atoms with Gasteiger partial charge in [-0.1, -0.05) is 12.1 Å². The lowest BCUT2D eigenvalue weighted by Crippen LogP contribution is -2.19. The highest BCUT2D eigenvalue weighted by molar-refractivity contribution is 5.87. The highest BCUT2D eigenvalue weighted by Crippen LogP contribution is 2.36. The van der Waals surface area contributed by atoms with E-state index >= 15 is 0 Å². The van der Waals surface area contributed by atoms with E-state index < -0.39 is 0 Å². The van der Waals surface area contributed by atoms with Crippen molar-refractivity contribution in [2.75, 3.05) is 12.8 Å². The predicted octanol–water partition coefficient (Wildman–Crippen LogP) is 3.18. The van der Waals surface area contributed by atoms with E-state index in [4.69, 9.17) is 5.73 Å². The number of nitrogen functional groups attached to an aromatic ring is 1. The Hall–Kier alpha value is -1.64. The molecule has 0 atom stereocenters. The third-order valence-corrected chi connectivity index (χ3v) is 4.15. The largest absolute Gasteiger partial charge is 0.398 e. The molecule has 0 heterocycles. The van der Waals surface area contributed by atoms with Gasteiger partial charge in [0.05, 0.1) is 0 Å². The van der Waals surface area contributed by atoms with Gasteiger partial charge in [0, 0.05) is 30.4 Å². The van der Waals surface area contributed by atoms with Crippen LogP contribution in [0.3, 0.4) is 0 Å². The minimum atomic E-state index is 0.278. The summed E-state index contributed by atoms with van der Waals surface area (Å²) in [6, 6.07) is 6.25. The number of carbonyl (C=O) groups is 1. The second kappa shape index (κ2) is 6.00. The van der Waals surface area contributed by atoms with E-state index in [-0.39, 0.29) is 5.92 Å². The molecule has 0 amide bonds. The zero-order valence-electron chi connectivity index (χ0n) is 11.7. The molecule has 19 heavy (non-hydrogen) atoms. The Morgan fingerprint density at radius 1 is 1.32 bits per heavy atom. The van der Waals surface area contributed by atoms with Crippen LogP contribution in [0.25, 0.3) is 0 Å². The summed E-state index contributed by atoms with van der Waals surface area (Å²) in [4.78, 5) is 15.4. The van der Waals surface area contributed by atoms with E-state index in [0.29, 0.717) is 11.7 Å². The Labute approximate surface area is 114 Å². The lowest BCUT2D eigenvalue weighted by atomic mass is 9.77. The molecule has 1 aliphatic rings. The van der Waals surface area contributed by atoms with Crippen molar-refractivity contribution in [3.63, 3.8) is 0 Å². The van der Waals surface area contributed by atoms with Gasteiger partial charge in [-0.15, -0.1) is 0 Å². The molecular weight excluding hydrogens is 236 g/mol. The van der Waals surface area contributed by atoms with Crippen molar-refractivity contribution in [2.24, 2.45) is 10.9 Å². The van der Waals surface area contributed by atoms with E-state index in [1.807, 2.05) is 6.07 Å². The normalized spacial score (nSPS) is 23.7. The molecule has 0 bridgehead atoms. The van der Waals surface area contributed by atoms with Crippen LogP contribution in [0.5, 0.6) is 0 Å². The van der Waals surface area contributed by atoms with E-state index in [1.165, 1.54) is 5.56 Å². The first-order valence-corrected chi connectivity index (χ1v) is 6.94. The number of benzene rings is 1. The van der Waals surface area contributed by atoms with Crippen LogP contribution in [0.15, 0.2) is 23.2 Å². The molecule has 1 aromatic rings.